The van der Waals surface area contributed by atoms with Gasteiger partial charge in [-0.05, 0) is 67.4 Å². The molecule has 180 valence electrons. The molecule has 4 rings (SSSR count). The largest absolute Gasteiger partial charge is 0.452 e. The van der Waals surface area contributed by atoms with Crippen LogP contribution in [0.3, 0.4) is 0 Å². The van der Waals surface area contributed by atoms with Crippen LogP contribution < -0.4 is 15.4 Å². The van der Waals surface area contributed by atoms with Gasteiger partial charge in [-0.15, -0.1) is 0 Å². The smallest absolute Gasteiger partial charge is 0.338 e. The molecule has 0 aliphatic carbocycles. The molecule has 10 heteroatoms. The van der Waals surface area contributed by atoms with E-state index in [1.165, 1.54) is 52.8 Å². The third-order valence-electron chi connectivity index (χ3n) is 5.56. The molecule has 0 fully saturated rings. The van der Waals surface area contributed by atoms with Gasteiger partial charge in [-0.1, -0.05) is 24.3 Å². The number of ether oxygens (including phenoxy) is 1. The van der Waals surface area contributed by atoms with E-state index in [2.05, 4.69) is 5.32 Å². The Bertz CT molecular complexity index is 1400. The summed E-state index contributed by atoms with van der Waals surface area (Å²) in [6.07, 6.45) is 0.595. The number of primary amides is 1. The molecule has 0 saturated heterocycles. The lowest BCUT2D eigenvalue weighted by Gasteiger charge is -2.24. The number of nitrogens with zero attached hydrogens (tertiary/aromatic N) is 1. The second-order valence-corrected chi connectivity index (χ2v) is 9.89. The van der Waals surface area contributed by atoms with Gasteiger partial charge in [0.1, 0.15) is 0 Å². The van der Waals surface area contributed by atoms with Crippen LogP contribution in [0, 0.1) is 0 Å². The Morgan fingerprint density at radius 3 is 2.43 bits per heavy atom. The second kappa shape index (κ2) is 9.59. The molecular weight excluding hydrogens is 470 g/mol. The number of carbonyl (C=O) groups is 3. The van der Waals surface area contributed by atoms with Gasteiger partial charge in [0.15, 0.2) is 6.61 Å². The first-order valence-corrected chi connectivity index (χ1v) is 12.2. The number of hydrogen-bond donors (Lipinski definition) is 2. The van der Waals surface area contributed by atoms with Gasteiger partial charge in [-0.3, -0.25) is 13.9 Å². The molecule has 1 heterocycles. The molecule has 1 aliphatic rings. The second-order valence-electron chi connectivity index (χ2n) is 8.08. The lowest BCUT2D eigenvalue weighted by Crippen LogP contribution is -2.35. The van der Waals surface area contributed by atoms with Crippen LogP contribution in [0.25, 0.3) is 0 Å². The van der Waals surface area contributed by atoms with Crippen molar-refractivity contribution in [3.05, 3.63) is 89.5 Å². The highest BCUT2D eigenvalue weighted by Crippen LogP contribution is 2.36. The highest BCUT2D eigenvalue weighted by Gasteiger charge is 2.36. The number of nitrogens with two attached hydrogens (primary N) is 1. The fourth-order valence-corrected chi connectivity index (χ4v) is 5.67. The summed E-state index contributed by atoms with van der Waals surface area (Å²) in [5.41, 5.74) is 7.42. The molecule has 3 aromatic rings. The number of rotatable bonds is 7. The van der Waals surface area contributed by atoms with E-state index in [1.807, 2.05) is 19.1 Å². The van der Waals surface area contributed by atoms with E-state index in [9.17, 15) is 22.8 Å². The van der Waals surface area contributed by atoms with Gasteiger partial charge in [-0.25, -0.2) is 13.2 Å². The van der Waals surface area contributed by atoms with E-state index >= 15 is 0 Å². The summed E-state index contributed by atoms with van der Waals surface area (Å²) in [5, 5.41) is 2.53. The number of esters is 1. The summed E-state index contributed by atoms with van der Waals surface area (Å²) in [7, 11) is -3.93. The number of nitrogens with one attached hydrogen (secondary N) is 1. The molecule has 3 aromatic carbocycles. The van der Waals surface area contributed by atoms with Crippen molar-refractivity contribution in [1.82, 2.24) is 0 Å². The van der Waals surface area contributed by atoms with Gasteiger partial charge in [-0.2, -0.15) is 0 Å². The summed E-state index contributed by atoms with van der Waals surface area (Å²) in [6.45, 7) is 1.25. The Balaban J connectivity index is 1.43. The Morgan fingerprint density at radius 1 is 1.00 bits per heavy atom. The Labute approximate surface area is 202 Å². The molecule has 1 aliphatic heterocycles. The first-order valence-electron chi connectivity index (χ1n) is 10.8. The molecule has 3 N–H and O–H groups in total. The molecule has 0 spiro atoms. The van der Waals surface area contributed by atoms with E-state index in [-0.39, 0.29) is 22.1 Å². The number of amides is 2. The molecule has 1 atom stereocenters. The Hall–Kier alpha value is -4.18. The van der Waals surface area contributed by atoms with Crippen molar-refractivity contribution in [2.45, 2.75) is 24.3 Å². The minimum absolute atomic E-state index is 0.00446. The van der Waals surface area contributed by atoms with Crippen LogP contribution in [0.1, 0.15) is 33.2 Å². The van der Waals surface area contributed by atoms with E-state index in [0.717, 1.165) is 5.56 Å². The molecule has 9 nitrogen and oxygen atoms in total. The first-order chi connectivity index (χ1) is 16.7. The van der Waals surface area contributed by atoms with Gasteiger partial charge >= 0.3 is 5.97 Å². The zero-order chi connectivity index (χ0) is 25.2. The van der Waals surface area contributed by atoms with Crippen LogP contribution in [0.2, 0.25) is 0 Å². The van der Waals surface area contributed by atoms with Crippen molar-refractivity contribution in [3.8, 4) is 0 Å². The lowest BCUT2D eigenvalue weighted by atomic mass is 10.1. The molecule has 0 unspecified atom stereocenters. The predicted molar refractivity (Wildman–Crippen MR) is 130 cm³/mol. The molecule has 0 bridgehead atoms. The number of para-hydroxylation sites is 1. The zero-order valence-corrected chi connectivity index (χ0v) is 19.6. The number of anilines is 2. The maximum Gasteiger partial charge on any atom is 0.338 e. The maximum absolute atomic E-state index is 13.4. The van der Waals surface area contributed by atoms with E-state index in [1.54, 1.807) is 12.1 Å². The zero-order valence-electron chi connectivity index (χ0n) is 18.8. The van der Waals surface area contributed by atoms with E-state index in [4.69, 9.17) is 10.5 Å². The lowest BCUT2D eigenvalue weighted by molar-refractivity contribution is -0.119. The van der Waals surface area contributed by atoms with Crippen molar-refractivity contribution in [2.75, 3.05) is 16.2 Å². The minimum atomic E-state index is -3.93. The quantitative estimate of drug-likeness (QED) is 0.486. The standard InChI is InChI=1S/C25H23N3O6S/c1-16-13-18-5-2-3-8-22(18)28(16)35(32,33)21-7-4-6-19(14-21)25(31)34-15-23(29)27-20-11-9-17(10-12-20)24(26)30/h2-12,14,16H,13,15H2,1H3,(H2,26,30)(H,27,29)/t16-/m1/s1. The molecule has 2 amide bonds. The van der Waals surface area contributed by atoms with Crippen LogP contribution in [-0.2, 0) is 26.0 Å². The summed E-state index contributed by atoms with van der Waals surface area (Å²) < 4.78 is 33.2. The van der Waals surface area contributed by atoms with Crippen LogP contribution in [0.4, 0.5) is 11.4 Å². The SMILES string of the molecule is C[C@@H]1Cc2ccccc2N1S(=O)(=O)c1cccc(C(=O)OCC(=O)Nc2ccc(C(N)=O)cc2)c1. The Kier molecular flexibility index (Phi) is 6.57. The number of hydrogen-bond acceptors (Lipinski definition) is 6. The first kappa shape index (κ1) is 24.0. The molecule has 0 aromatic heterocycles. The molecule has 0 saturated carbocycles. The van der Waals surface area contributed by atoms with Crippen LogP contribution >= 0.6 is 0 Å². The fourth-order valence-electron chi connectivity index (χ4n) is 3.93. The molecular formula is C25H23N3O6S. The monoisotopic (exact) mass is 493 g/mol. The normalized spacial score (nSPS) is 14.8. The van der Waals surface area contributed by atoms with Gasteiger partial charge in [0.25, 0.3) is 15.9 Å². The van der Waals surface area contributed by atoms with E-state index in [0.29, 0.717) is 17.8 Å². The van der Waals surface area contributed by atoms with Crippen molar-refractivity contribution in [3.63, 3.8) is 0 Å². The highest BCUT2D eigenvalue weighted by molar-refractivity contribution is 7.92. The number of carbonyl (C=O) groups excluding carboxylic acids is 3. The van der Waals surface area contributed by atoms with Crippen LogP contribution in [-0.4, -0.2) is 38.9 Å². The topological polar surface area (TPSA) is 136 Å². The Morgan fingerprint density at radius 2 is 1.71 bits per heavy atom. The number of benzene rings is 3. The molecule has 35 heavy (non-hydrogen) atoms. The van der Waals surface area contributed by atoms with Crippen molar-refractivity contribution >= 4 is 39.2 Å². The average molecular weight is 494 g/mol. The van der Waals surface area contributed by atoms with Crippen LogP contribution in [0.5, 0.6) is 0 Å². The maximum atomic E-state index is 13.4. The van der Waals surface area contributed by atoms with Gasteiger partial charge in [0.2, 0.25) is 5.91 Å². The minimum Gasteiger partial charge on any atom is -0.452 e. The van der Waals surface area contributed by atoms with Gasteiger partial charge in [0, 0.05) is 17.3 Å². The third kappa shape index (κ3) is 5.02. The number of sulfonamides is 1. The fraction of sp³-hybridized carbons (Fsp3) is 0.160. The highest BCUT2D eigenvalue weighted by atomic mass is 32.2. The summed E-state index contributed by atoms with van der Waals surface area (Å²) in [5.74, 6) is -2.03. The third-order valence-corrected chi connectivity index (χ3v) is 7.48. The summed E-state index contributed by atoms with van der Waals surface area (Å²) in [4.78, 5) is 35.7. The van der Waals surface area contributed by atoms with Crippen molar-refractivity contribution in [2.24, 2.45) is 5.73 Å². The average Bonchev–Trinajstić information content (AvgIpc) is 3.19. The van der Waals surface area contributed by atoms with Gasteiger partial charge in [0.05, 0.1) is 16.1 Å². The van der Waals surface area contributed by atoms with Crippen molar-refractivity contribution in [1.29, 1.82) is 0 Å². The summed E-state index contributed by atoms with van der Waals surface area (Å²) >= 11 is 0. The van der Waals surface area contributed by atoms with Crippen LogP contribution in [0.15, 0.2) is 77.7 Å². The molecule has 0 radical (unpaired) electrons. The number of fused-ring (bicyclic) bond motifs is 1. The van der Waals surface area contributed by atoms with Crippen molar-refractivity contribution < 1.29 is 27.5 Å². The predicted octanol–water partition coefficient (Wildman–Crippen LogP) is 2.72. The summed E-state index contributed by atoms with van der Waals surface area (Å²) in [6, 6.07) is 18.5. The van der Waals surface area contributed by atoms with Gasteiger partial charge < -0.3 is 15.8 Å². The van der Waals surface area contributed by atoms with E-state index < -0.39 is 34.4 Å².